The van der Waals surface area contributed by atoms with Gasteiger partial charge in [0.05, 0.1) is 44.5 Å². The summed E-state index contributed by atoms with van der Waals surface area (Å²) >= 11 is 0. The first-order valence-corrected chi connectivity index (χ1v) is 22.0. The molecule has 0 N–H and O–H groups in total. The minimum absolute atomic E-state index is 0.00216. The van der Waals surface area contributed by atoms with Gasteiger partial charge in [0.1, 0.15) is 31.0 Å². The zero-order chi connectivity index (χ0) is 41.8. The Balaban J connectivity index is 1.89. The molecule has 2 aromatic rings. The lowest BCUT2D eigenvalue weighted by Crippen LogP contribution is -2.70. The van der Waals surface area contributed by atoms with Crippen molar-refractivity contribution < 1.29 is 51.9 Å². The van der Waals surface area contributed by atoms with Gasteiger partial charge in [-0.25, -0.2) is 9.59 Å². The summed E-state index contributed by atoms with van der Waals surface area (Å²) < 4.78 is 54.4. The summed E-state index contributed by atoms with van der Waals surface area (Å²) in [4.78, 5) is 32.7. The number of rotatable bonds is 16. The second kappa shape index (κ2) is 17.8. The smallest absolute Gasteiger partial charge is 0.411 e. The number of esters is 1. The van der Waals surface area contributed by atoms with Crippen LogP contribution in [0.1, 0.15) is 67.6 Å². The molecule has 0 unspecified atom stereocenters. The minimum atomic E-state index is -2.54. The number of ether oxygens (including phenoxy) is 8. The molecule has 5 rings (SSSR count). The van der Waals surface area contributed by atoms with E-state index in [2.05, 4.69) is 53.1 Å². The van der Waals surface area contributed by atoms with Crippen molar-refractivity contribution in [2.24, 2.45) is 0 Å². The molecule has 2 aromatic carbocycles. The number of nitriles is 1. The Kier molecular flexibility index (Phi) is 13.5. The van der Waals surface area contributed by atoms with E-state index in [4.69, 9.17) is 42.3 Å². The highest BCUT2D eigenvalue weighted by atomic mass is 28.4. The van der Waals surface area contributed by atoms with Crippen LogP contribution in [0.4, 0.5) is 4.79 Å². The standard InChI is InChI=1S/C42H57N3O11Si/c1-13-16-51-39-33-27(18-25(4)36(39)49-10)19-29-30(21-43)44(31(22-56-57(11,12)42(6,7)8)35(33)45(29)41(47)52-17-14-2)34(40(46)50-15-3)28-20-32(53-23-48-9)26(5)37-38(28)55-24-54-37/h13-14,18,20,29-31,34-35H,1-2,15-17,19,22-24H2,3-12H3/t29-,30+,31+,34-,35+/m1/s1. The van der Waals surface area contributed by atoms with E-state index in [1.54, 1.807) is 31.1 Å². The molecule has 14 nitrogen and oxygen atoms in total. The maximum Gasteiger partial charge on any atom is 0.411 e. The molecule has 2 bridgehead atoms. The van der Waals surface area contributed by atoms with Crippen LogP contribution in [0, 0.1) is 25.2 Å². The van der Waals surface area contributed by atoms with E-state index in [0.717, 1.165) is 11.1 Å². The Morgan fingerprint density at radius 3 is 2.37 bits per heavy atom. The van der Waals surface area contributed by atoms with E-state index < -0.39 is 50.6 Å². The van der Waals surface area contributed by atoms with Crippen molar-refractivity contribution in [2.45, 2.75) is 96.3 Å². The van der Waals surface area contributed by atoms with E-state index in [9.17, 15) is 14.9 Å². The number of carbonyl (C=O) groups excluding carboxylic acids is 2. The maximum absolute atomic E-state index is 14.8. The van der Waals surface area contributed by atoms with Crippen molar-refractivity contribution >= 4 is 20.4 Å². The first-order valence-electron chi connectivity index (χ1n) is 19.1. The van der Waals surface area contributed by atoms with Gasteiger partial charge in [0.25, 0.3) is 0 Å². The third-order valence-corrected chi connectivity index (χ3v) is 15.8. The number of fused-ring (bicyclic) bond motifs is 5. The summed E-state index contributed by atoms with van der Waals surface area (Å²) in [6.07, 6.45) is 2.69. The fraction of sp³-hybridized carbons (Fsp3) is 0.548. The van der Waals surface area contributed by atoms with Crippen molar-refractivity contribution in [3.8, 4) is 34.8 Å². The average molecular weight is 808 g/mol. The minimum Gasteiger partial charge on any atom is -0.493 e. The van der Waals surface area contributed by atoms with Crippen molar-refractivity contribution in [2.75, 3.05) is 54.2 Å². The van der Waals surface area contributed by atoms with Crippen LogP contribution in [-0.2, 0) is 29.9 Å². The SMILES string of the molecule is C=CCOC(=O)N1[C@@H]2Cc3cc(C)c(OC)c(OCC=C)c3[C@@H]1[C@H](CO[Si](C)(C)C(C)(C)C)N([C@@H](C(=O)OCC)c1cc(OCOC)c(C)c3c1OCO3)[C@H]2C#N. The molecule has 3 aliphatic heterocycles. The number of benzene rings is 2. The number of aryl methyl sites for hydroxylation is 1. The van der Waals surface area contributed by atoms with Crippen molar-refractivity contribution in [1.82, 2.24) is 9.80 Å². The van der Waals surface area contributed by atoms with Crippen LogP contribution >= 0.6 is 0 Å². The lowest BCUT2D eigenvalue weighted by molar-refractivity contribution is -0.158. The Morgan fingerprint density at radius 2 is 1.75 bits per heavy atom. The summed E-state index contributed by atoms with van der Waals surface area (Å²) in [7, 11) is 0.531. The van der Waals surface area contributed by atoms with Crippen molar-refractivity contribution in [3.05, 3.63) is 65.3 Å². The second-order valence-corrected chi connectivity index (χ2v) is 20.5. The number of amides is 1. The first kappa shape index (κ1) is 43.4. The monoisotopic (exact) mass is 807 g/mol. The highest BCUT2D eigenvalue weighted by Gasteiger charge is 2.59. The van der Waals surface area contributed by atoms with Crippen LogP contribution < -0.4 is 23.7 Å². The summed E-state index contributed by atoms with van der Waals surface area (Å²) in [5.74, 6) is 1.37. The number of piperazine rings is 1. The molecule has 1 fully saturated rings. The van der Waals surface area contributed by atoms with Crippen LogP contribution in [0.3, 0.4) is 0 Å². The van der Waals surface area contributed by atoms with Gasteiger partial charge in [-0.3, -0.25) is 9.80 Å². The van der Waals surface area contributed by atoms with E-state index in [1.165, 1.54) is 13.2 Å². The molecule has 1 amide bonds. The lowest BCUT2D eigenvalue weighted by Gasteiger charge is -2.58. The third-order valence-electron chi connectivity index (χ3n) is 11.3. The van der Waals surface area contributed by atoms with Crippen LogP contribution in [0.2, 0.25) is 18.1 Å². The molecule has 310 valence electrons. The number of hydrogen-bond acceptors (Lipinski definition) is 13. The normalized spacial score (nSPS) is 20.5. The molecule has 0 spiro atoms. The van der Waals surface area contributed by atoms with Crippen LogP contribution in [0.25, 0.3) is 0 Å². The van der Waals surface area contributed by atoms with Crippen LogP contribution in [0.15, 0.2) is 37.4 Å². The van der Waals surface area contributed by atoms with E-state index >= 15 is 0 Å². The highest BCUT2D eigenvalue weighted by molar-refractivity contribution is 6.74. The summed E-state index contributed by atoms with van der Waals surface area (Å²) in [5.41, 5.74) is 3.34. The lowest BCUT2D eigenvalue weighted by atomic mass is 9.76. The van der Waals surface area contributed by atoms with E-state index in [1.807, 2.05) is 24.8 Å². The van der Waals surface area contributed by atoms with Gasteiger partial charge in [-0.2, -0.15) is 5.26 Å². The van der Waals surface area contributed by atoms with E-state index in [-0.39, 0.29) is 51.5 Å². The molecule has 1 saturated heterocycles. The zero-order valence-electron chi connectivity index (χ0n) is 34.9. The third kappa shape index (κ3) is 8.18. The fourth-order valence-corrected chi connectivity index (χ4v) is 8.73. The number of nitrogens with zero attached hydrogens (tertiary/aromatic N) is 3. The van der Waals surface area contributed by atoms with Gasteiger partial charge in [0.15, 0.2) is 38.1 Å². The molecule has 0 saturated carbocycles. The molecular weight excluding hydrogens is 751 g/mol. The second-order valence-electron chi connectivity index (χ2n) is 15.7. The largest absolute Gasteiger partial charge is 0.493 e. The molecule has 3 aliphatic rings. The summed E-state index contributed by atoms with van der Waals surface area (Å²) in [6.45, 7) is 23.7. The maximum atomic E-state index is 14.8. The Morgan fingerprint density at radius 1 is 1.05 bits per heavy atom. The summed E-state index contributed by atoms with van der Waals surface area (Å²) in [5, 5.41) is 11.2. The molecule has 15 heteroatoms. The van der Waals surface area contributed by atoms with Crippen LogP contribution in [0.5, 0.6) is 28.7 Å². The Hall–Kier alpha value is -4.75. The van der Waals surface area contributed by atoms with Gasteiger partial charge in [0, 0.05) is 23.8 Å². The molecule has 5 atom stereocenters. The van der Waals surface area contributed by atoms with Gasteiger partial charge in [-0.05, 0) is 62.5 Å². The highest BCUT2D eigenvalue weighted by Crippen LogP contribution is 2.55. The van der Waals surface area contributed by atoms with Gasteiger partial charge < -0.3 is 42.3 Å². The molecule has 3 heterocycles. The Bertz CT molecular complexity index is 1890. The van der Waals surface area contributed by atoms with E-state index in [0.29, 0.717) is 45.4 Å². The van der Waals surface area contributed by atoms with Crippen molar-refractivity contribution in [1.29, 1.82) is 5.26 Å². The Labute approximate surface area is 337 Å². The van der Waals surface area contributed by atoms with Crippen LogP contribution in [-0.4, -0.2) is 103 Å². The fourth-order valence-electron chi connectivity index (χ4n) is 7.71. The predicted octanol–water partition coefficient (Wildman–Crippen LogP) is 7.08. The first-order chi connectivity index (χ1) is 27.1. The predicted molar refractivity (Wildman–Crippen MR) is 214 cm³/mol. The van der Waals surface area contributed by atoms with Gasteiger partial charge in [-0.1, -0.05) is 52.1 Å². The zero-order valence-corrected chi connectivity index (χ0v) is 35.9. The van der Waals surface area contributed by atoms with Gasteiger partial charge in [0.2, 0.25) is 6.79 Å². The number of hydrogen-bond donors (Lipinski definition) is 0. The molecule has 57 heavy (non-hydrogen) atoms. The number of carbonyl (C=O) groups is 2. The average Bonchev–Trinajstić information content (AvgIpc) is 3.66. The van der Waals surface area contributed by atoms with Gasteiger partial charge >= 0.3 is 12.1 Å². The topological polar surface area (TPSA) is 147 Å². The number of methoxy groups -OCH3 is 2. The quantitative estimate of drug-likeness (QED) is 0.0737. The van der Waals surface area contributed by atoms with Crippen molar-refractivity contribution in [3.63, 3.8) is 0 Å². The molecular formula is C42H57N3O11Si. The molecule has 0 aromatic heterocycles. The van der Waals surface area contributed by atoms with Gasteiger partial charge in [-0.15, -0.1) is 0 Å². The molecule has 0 radical (unpaired) electrons. The molecule has 0 aliphatic carbocycles. The summed E-state index contributed by atoms with van der Waals surface area (Å²) in [6, 6.07) is 1.27.